The zero-order valence-corrected chi connectivity index (χ0v) is 13.9. The van der Waals surface area contributed by atoms with Gasteiger partial charge in [0, 0.05) is 23.5 Å². The Kier molecular flexibility index (Phi) is 4.71. The Balaban J connectivity index is 1.65. The molecule has 0 fully saturated rings. The summed E-state index contributed by atoms with van der Waals surface area (Å²) in [4.78, 5) is 25.8. The highest BCUT2D eigenvalue weighted by atomic mass is 35.5. The van der Waals surface area contributed by atoms with Crippen molar-refractivity contribution in [3.63, 3.8) is 0 Å². The van der Waals surface area contributed by atoms with Crippen molar-refractivity contribution < 1.29 is 14.3 Å². The first-order valence-corrected chi connectivity index (χ1v) is 7.90. The molecule has 7 nitrogen and oxygen atoms in total. The number of aromatic nitrogens is 2. The summed E-state index contributed by atoms with van der Waals surface area (Å²) in [5, 5.41) is 7.44. The summed E-state index contributed by atoms with van der Waals surface area (Å²) in [6, 6.07) is 6.69. The van der Waals surface area contributed by atoms with E-state index in [4.69, 9.17) is 16.3 Å². The van der Waals surface area contributed by atoms with Crippen LogP contribution in [0.4, 0.5) is 5.69 Å². The normalized spacial score (nSPS) is 14.8. The van der Waals surface area contributed by atoms with Crippen LogP contribution in [-0.2, 0) is 16.1 Å². The monoisotopic (exact) mass is 348 g/mol. The summed E-state index contributed by atoms with van der Waals surface area (Å²) in [5.41, 5.74) is 0.508. The van der Waals surface area contributed by atoms with Crippen LogP contribution in [0.5, 0.6) is 5.75 Å². The molecule has 1 N–H and O–H groups in total. The SMILES string of the molecule is C[C@H](Cn1cccn1)NC(=O)CN1C(=O)COc2ccc(Cl)cc21. The maximum atomic E-state index is 12.3. The lowest BCUT2D eigenvalue weighted by Crippen LogP contribution is -2.47. The van der Waals surface area contributed by atoms with Crippen molar-refractivity contribution in [2.24, 2.45) is 0 Å². The number of ether oxygens (including phenoxy) is 1. The van der Waals surface area contributed by atoms with E-state index in [0.717, 1.165) is 0 Å². The Morgan fingerprint density at radius 2 is 2.33 bits per heavy atom. The summed E-state index contributed by atoms with van der Waals surface area (Å²) in [5.74, 6) is 0.00636. The molecule has 0 unspecified atom stereocenters. The van der Waals surface area contributed by atoms with Crippen LogP contribution in [0.3, 0.4) is 0 Å². The van der Waals surface area contributed by atoms with Crippen molar-refractivity contribution in [1.29, 1.82) is 0 Å². The lowest BCUT2D eigenvalue weighted by Gasteiger charge is -2.29. The minimum atomic E-state index is -0.278. The quantitative estimate of drug-likeness (QED) is 0.887. The number of nitrogens with zero attached hydrogens (tertiary/aromatic N) is 3. The number of rotatable bonds is 5. The number of carbonyl (C=O) groups excluding carboxylic acids is 2. The lowest BCUT2D eigenvalue weighted by atomic mass is 10.2. The van der Waals surface area contributed by atoms with E-state index >= 15 is 0 Å². The van der Waals surface area contributed by atoms with Gasteiger partial charge in [-0.2, -0.15) is 5.10 Å². The summed E-state index contributed by atoms with van der Waals surface area (Å²) in [7, 11) is 0. The zero-order chi connectivity index (χ0) is 17.1. The number of nitrogens with one attached hydrogen (secondary N) is 1. The molecule has 1 aromatic carbocycles. The highest BCUT2D eigenvalue weighted by Crippen LogP contribution is 2.34. The van der Waals surface area contributed by atoms with E-state index < -0.39 is 0 Å². The molecule has 0 spiro atoms. The van der Waals surface area contributed by atoms with Gasteiger partial charge in [0.2, 0.25) is 5.91 Å². The molecule has 2 aromatic rings. The van der Waals surface area contributed by atoms with E-state index in [9.17, 15) is 9.59 Å². The predicted octanol–water partition coefficient (Wildman–Crippen LogP) is 1.47. The third-order valence-corrected chi connectivity index (χ3v) is 3.83. The van der Waals surface area contributed by atoms with E-state index in [1.165, 1.54) is 4.90 Å². The minimum absolute atomic E-state index is 0.0843. The number of amides is 2. The van der Waals surface area contributed by atoms with E-state index in [-0.39, 0.29) is 31.0 Å². The van der Waals surface area contributed by atoms with Crippen molar-refractivity contribution in [3.05, 3.63) is 41.7 Å². The number of fused-ring (bicyclic) bond motifs is 1. The largest absolute Gasteiger partial charge is 0.482 e. The molecule has 24 heavy (non-hydrogen) atoms. The first-order chi connectivity index (χ1) is 11.5. The van der Waals surface area contributed by atoms with Crippen LogP contribution in [-0.4, -0.2) is 40.8 Å². The molecule has 0 radical (unpaired) electrons. The Labute approximate surface area is 144 Å². The van der Waals surface area contributed by atoms with Crippen molar-refractivity contribution in [2.75, 3.05) is 18.1 Å². The summed E-state index contributed by atoms with van der Waals surface area (Å²) in [6.07, 6.45) is 3.51. The molecule has 126 valence electrons. The molecule has 2 heterocycles. The number of benzene rings is 1. The predicted molar refractivity (Wildman–Crippen MR) is 89.1 cm³/mol. The van der Waals surface area contributed by atoms with E-state index in [1.807, 2.05) is 19.2 Å². The van der Waals surface area contributed by atoms with Gasteiger partial charge in [0.25, 0.3) is 5.91 Å². The van der Waals surface area contributed by atoms with Gasteiger partial charge in [-0.25, -0.2) is 0 Å². The first-order valence-electron chi connectivity index (χ1n) is 7.52. The van der Waals surface area contributed by atoms with Crippen LogP contribution in [0.2, 0.25) is 5.02 Å². The van der Waals surface area contributed by atoms with Crippen LogP contribution in [0.15, 0.2) is 36.7 Å². The van der Waals surface area contributed by atoms with Gasteiger partial charge < -0.3 is 10.1 Å². The maximum Gasteiger partial charge on any atom is 0.265 e. The molecule has 0 saturated heterocycles. The van der Waals surface area contributed by atoms with Crippen molar-refractivity contribution in [3.8, 4) is 5.75 Å². The highest BCUT2D eigenvalue weighted by molar-refractivity contribution is 6.31. The smallest absolute Gasteiger partial charge is 0.265 e. The van der Waals surface area contributed by atoms with E-state index in [0.29, 0.717) is 23.0 Å². The summed E-state index contributed by atoms with van der Waals surface area (Å²) >= 11 is 5.99. The van der Waals surface area contributed by atoms with Gasteiger partial charge in [-0.1, -0.05) is 11.6 Å². The third-order valence-electron chi connectivity index (χ3n) is 3.59. The number of hydrogen-bond donors (Lipinski definition) is 1. The Bertz CT molecular complexity index is 748. The molecular formula is C16H17ClN4O3. The minimum Gasteiger partial charge on any atom is -0.482 e. The lowest BCUT2D eigenvalue weighted by molar-refractivity contribution is -0.125. The number of hydrogen-bond acceptors (Lipinski definition) is 4. The Hall–Kier alpha value is -2.54. The Morgan fingerprint density at radius 1 is 1.50 bits per heavy atom. The highest BCUT2D eigenvalue weighted by Gasteiger charge is 2.27. The van der Waals surface area contributed by atoms with Crippen molar-refractivity contribution >= 4 is 29.1 Å². The Morgan fingerprint density at radius 3 is 3.08 bits per heavy atom. The number of halogens is 1. The van der Waals surface area contributed by atoms with Gasteiger partial charge in [-0.15, -0.1) is 0 Å². The molecule has 1 aromatic heterocycles. The second-order valence-electron chi connectivity index (χ2n) is 5.58. The van der Waals surface area contributed by atoms with Crippen LogP contribution in [0.1, 0.15) is 6.92 Å². The first kappa shape index (κ1) is 16.3. The van der Waals surface area contributed by atoms with Gasteiger partial charge in [-0.05, 0) is 31.2 Å². The average Bonchev–Trinajstić information content (AvgIpc) is 3.03. The van der Waals surface area contributed by atoms with E-state index in [2.05, 4.69) is 10.4 Å². The third kappa shape index (κ3) is 3.68. The summed E-state index contributed by atoms with van der Waals surface area (Å²) < 4.78 is 7.10. The maximum absolute atomic E-state index is 12.3. The van der Waals surface area contributed by atoms with Crippen molar-refractivity contribution in [1.82, 2.24) is 15.1 Å². The van der Waals surface area contributed by atoms with Gasteiger partial charge in [0.1, 0.15) is 12.3 Å². The van der Waals surface area contributed by atoms with E-state index in [1.54, 1.807) is 29.1 Å². The fourth-order valence-electron chi connectivity index (χ4n) is 2.55. The van der Waals surface area contributed by atoms with Gasteiger partial charge in [0.05, 0.1) is 12.2 Å². The van der Waals surface area contributed by atoms with Crippen LogP contribution < -0.4 is 15.0 Å². The molecule has 0 aliphatic carbocycles. The molecule has 1 atom stereocenters. The molecule has 0 saturated carbocycles. The second kappa shape index (κ2) is 6.92. The summed E-state index contributed by atoms with van der Waals surface area (Å²) in [6.45, 7) is 2.26. The molecule has 0 bridgehead atoms. The topological polar surface area (TPSA) is 76.5 Å². The molecular weight excluding hydrogens is 332 g/mol. The fraction of sp³-hybridized carbons (Fsp3) is 0.312. The molecule has 1 aliphatic heterocycles. The fourth-order valence-corrected chi connectivity index (χ4v) is 2.71. The van der Waals surface area contributed by atoms with Gasteiger partial charge in [-0.3, -0.25) is 19.2 Å². The van der Waals surface area contributed by atoms with Crippen molar-refractivity contribution in [2.45, 2.75) is 19.5 Å². The van der Waals surface area contributed by atoms with Crippen LogP contribution in [0, 0.1) is 0 Å². The molecule has 3 rings (SSSR count). The van der Waals surface area contributed by atoms with Crippen LogP contribution >= 0.6 is 11.6 Å². The number of carbonyl (C=O) groups is 2. The zero-order valence-electron chi connectivity index (χ0n) is 13.1. The van der Waals surface area contributed by atoms with Gasteiger partial charge in [0.15, 0.2) is 6.61 Å². The van der Waals surface area contributed by atoms with Gasteiger partial charge >= 0.3 is 0 Å². The standard InChI is InChI=1S/C16H17ClN4O3/c1-11(8-20-6-2-5-18-20)19-15(22)9-21-13-7-12(17)3-4-14(13)24-10-16(21)23/h2-7,11H,8-10H2,1H3,(H,19,22)/t11-/m1/s1. The molecule has 2 amide bonds. The molecule has 1 aliphatic rings. The number of anilines is 1. The second-order valence-corrected chi connectivity index (χ2v) is 6.01. The van der Waals surface area contributed by atoms with Crippen LogP contribution in [0.25, 0.3) is 0 Å². The average molecular weight is 349 g/mol. The molecule has 8 heteroatoms.